The molecule has 0 aliphatic carbocycles. The molecule has 1 N–H and O–H groups in total. The van der Waals surface area contributed by atoms with Crippen molar-refractivity contribution in [2.75, 3.05) is 12.4 Å². The third kappa shape index (κ3) is 4.43. The maximum absolute atomic E-state index is 12.4. The lowest BCUT2D eigenvalue weighted by atomic mass is 10.2. The number of methoxy groups -OCH3 is 1. The predicted octanol–water partition coefficient (Wildman–Crippen LogP) is 4.25. The van der Waals surface area contributed by atoms with Crippen molar-refractivity contribution in [3.05, 3.63) is 70.5 Å². The van der Waals surface area contributed by atoms with Crippen LogP contribution in [0.5, 0.6) is 11.5 Å². The van der Waals surface area contributed by atoms with E-state index in [0.29, 0.717) is 11.4 Å². The van der Waals surface area contributed by atoms with Crippen LogP contribution in [0.2, 0.25) is 0 Å². The molecule has 7 heteroatoms. The molecule has 0 saturated carbocycles. The average molecular weight is 416 g/mol. The summed E-state index contributed by atoms with van der Waals surface area (Å²) in [7, 11) is 1.61. The van der Waals surface area contributed by atoms with Crippen molar-refractivity contribution in [3.63, 3.8) is 0 Å². The van der Waals surface area contributed by atoms with Gasteiger partial charge in [0.2, 0.25) is 0 Å². The van der Waals surface area contributed by atoms with E-state index in [1.54, 1.807) is 24.1 Å². The smallest absolute Gasteiger partial charge is 0.276 e. The Morgan fingerprint density at radius 2 is 1.88 bits per heavy atom. The quantitative estimate of drug-likeness (QED) is 0.653. The van der Waals surface area contributed by atoms with E-state index in [0.717, 1.165) is 21.5 Å². The van der Waals surface area contributed by atoms with E-state index in [1.807, 2.05) is 49.4 Å². The number of carbonyl (C=O) groups excluding carboxylic acids is 1. The number of rotatable bonds is 6. The molecular weight excluding hydrogens is 398 g/mol. The number of aromatic nitrogens is 2. The zero-order chi connectivity index (χ0) is 18.5. The van der Waals surface area contributed by atoms with Crippen LogP contribution in [0.25, 0.3) is 0 Å². The predicted molar refractivity (Wildman–Crippen MR) is 103 cm³/mol. The SMILES string of the molecule is COc1ccc(OCn2ccc(C(=O)Nc3ccc(Br)cc3C)n2)cc1. The highest BCUT2D eigenvalue weighted by Crippen LogP contribution is 2.20. The summed E-state index contributed by atoms with van der Waals surface area (Å²) in [5.41, 5.74) is 2.04. The average Bonchev–Trinajstić information content (AvgIpc) is 3.12. The zero-order valence-corrected chi connectivity index (χ0v) is 16.0. The first-order chi connectivity index (χ1) is 12.5. The summed E-state index contributed by atoms with van der Waals surface area (Å²) in [6, 6.07) is 14.6. The molecular formula is C19H18BrN3O3. The standard InChI is InChI=1S/C19H18BrN3O3/c1-13-11-14(20)3-8-17(13)21-19(24)18-9-10-23(22-18)12-26-16-6-4-15(25-2)5-7-16/h3-11H,12H2,1-2H3,(H,21,24). The Morgan fingerprint density at radius 1 is 1.15 bits per heavy atom. The van der Waals surface area contributed by atoms with Crippen molar-refractivity contribution in [1.29, 1.82) is 0 Å². The number of anilines is 1. The van der Waals surface area contributed by atoms with Gasteiger partial charge in [0, 0.05) is 16.4 Å². The Morgan fingerprint density at radius 3 is 2.58 bits per heavy atom. The van der Waals surface area contributed by atoms with Crippen LogP contribution in [0.15, 0.2) is 59.2 Å². The van der Waals surface area contributed by atoms with Crippen LogP contribution in [0.1, 0.15) is 16.1 Å². The minimum Gasteiger partial charge on any atom is -0.497 e. The third-order valence-corrected chi connectivity index (χ3v) is 4.23. The second kappa shape index (κ2) is 8.05. The first-order valence-electron chi connectivity index (χ1n) is 7.93. The van der Waals surface area contributed by atoms with Crippen LogP contribution in [0, 0.1) is 6.92 Å². The summed E-state index contributed by atoms with van der Waals surface area (Å²) in [4.78, 5) is 12.4. The van der Waals surface area contributed by atoms with Gasteiger partial charge in [0.1, 0.15) is 11.5 Å². The lowest BCUT2D eigenvalue weighted by Gasteiger charge is -2.08. The fourth-order valence-corrected chi connectivity index (χ4v) is 2.80. The Labute approximate surface area is 159 Å². The molecule has 0 bridgehead atoms. The molecule has 1 aromatic heterocycles. The highest BCUT2D eigenvalue weighted by Gasteiger charge is 2.11. The maximum Gasteiger partial charge on any atom is 0.276 e. The van der Waals surface area contributed by atoms with Crippen molar-refractivity contribution in [2.45, 2.75) is 13.7 Å². The van der Waals surface area contributed by atoms with E-state index < -0.39 is 0 Å². The maximum atomic E-state index is 12.4. The second-order valence-electron chi connectivity index (χ2n) is 5.60. The molecule has 3 aromatic rings. The molecule has 0 atom stereocenters. The number of hydrogen-bond donors (Lipinski definition) is 1. The molecule has 0 aliphatic heterocycles. The summed E-state index contributed by atoms with van der Waals surface area (Å²) in [6.45, 7) is 2.14. The first-order valence-corrected chi connectivity index (χ1v) is 8.72. The minimum atomic E-state index is -0.265. The lowest BCUT2D eigenvalue weighted by molar-refractivity contribution is 0.102. The lowest BCUT2D eigenvalue weighted by Crippen LogP contribution is -2.15. The Hall–Kier alpha value is -2.80. The summed E-state index contributed by atoms with van der Waals surface area (Å²) in [5.74, 6) is 1.19. The van der Waals surface area contributed by atoms with Gasteiger partial charge in [-0.1, -0.05) is 15.9 Å². The molecule has 0 radical (unpaired) electrons. The van der Waals surface area contributed by atoms with Gasteiger partial charge in [-0.25, -0.2) is 4.68 Å². The Balaban J connectivity index is 1.60. The number of carbonyl (C=O) groups is 1. The summed E-state index contributed by atoms with van der Waals surface area (Å²) < 4.78 is 13.3. The fourth-order valence-electron chi connectivity index (χ4n) is 2.32. The summed E-state index contributed by atoms with van der Waals surface area (Å²) in [6.07, 6.45) is 1.70. The van der Waals surface area contributed by atoms with E-state index >= 15 is 0 Å². The molecule has 6 nitrogen and oxygen atoms in total. The van der Waals surface area contributed by atoms with Gasteiger partial charge in [0.15, 0.2) is 12.4 Å². The van der Waals surface area contributed by atoms with Crippen LogP contribution in [-0.2, 0) is 6.73 Å². The van der Waals surface area contributed by atoms with Crippen LogP contribution in [-0.4, -0.2) is 22.8 Å². The number of amides is 1. The van der Waals surface area contributed by atoms with Gasteiger partial charge in [-0.05, 0) is 61.0 Å². The van der Waals surface area contributed by atoms with Crippen LogP contribution in [0.4, 0.5) is 5.69 Å². The van der Waals surface area contributed by atoms with E-state index in [4.69, 9.17) is 9.47 Å². The van der Waals surface area contributed by atoms with Crippen molar-refractivity contribution in [2.24, 2.45) is 0 Å². The van der Waals surface area contributed by atoms with Gasteiger partial charge in [0.25, 0.3) is 5.91 Å². The van der Waals surface area contributed by atoms with Gasteiger partial charge in [-0.2, -0.15) is 5.10 Å². The molecule has 1 heterocycles. The van der Waals surface area contributed by atoms with Gasteiger partial charge in [-0.3, -0.25) is 4.79 Å². The van der Waals surface area contributed by atoms with E-state index in [1.165, 1.54) is 0 Å². The molecule has 2 aromatic carbocycles. The number of ether oxygens (including phenoxy) is 2. The summed E-state index contributed by atoms with van der Waals surface area (Å²) >= 11 is 3.41. The van der Waals surface area contributed by atoms with E-state index in [9.17, 15) is 4.79 Å². The van der Waals surface area contributed by atoms with Crippen LogP contribution >= 0.6 is 15.9 Å². The van der Waals surface area contributed by atoms with Gasteiger partial charge in [0.05, 0.1) is 7.11 Å². The number of aryl methyl sites for hydroxylation is 1. The highest BCUT2D eigenvalue weighted by molar-refractivity contribution is 9.10. The number of hydrogen-bond acceptors (Lipinski definition) is 4. The van der Waals surface area contributed by atoms with E-state index in [-0.39, 0.29) is 12.6 Å². The minimum absolute atomic E-state index is 0.205. The van der Waals surface area contributed by atoms with Crippen molar-refractivity contribution < 1.29 is 14.3 Å². The van der Waals surface area contributed by atoms with Crippen LogP contribution < -0.4 is 14.8 Å². The van der Waals surface area contributed by atoms with Gasteiger partial charge < -0.3 is 14.8 Å². The molecule has 0 aliphatic rings. The molecule has 134 valence electrons. The number of halogens is 1. The molecule has 0 fully saturated rings. The third-order valence-electron chi connectivity index (χ3n) is 3.73. The molecule has 3 rings (SSSR count). The van der Waals surface area contributed by atoms with Crippen LogP contribution in [0.3, 0.4) is 0 Å². The Kier molecular flexibility index (Phi) is 5.58. The number of benzene rings is 2. The van der Waals surface area contributed by atoms with Gasteiger partial charge >= 0.3 is 0 Å². The van der Waals surface area contributed by atoms with Crippen molar-refractivity contribution >= 4 is 27.5 Å². The first kappa shape index (κ1) is 18.0. The number of nitrogens with zero attached hydrogens (tertiary/aromatic N) is 2. The molecule has 1 amide bonds. The molecule has 0 spiro atoms. The Bertz CT molecular complexity index is 907. The molecule has 0 unspecified atom stereocenters. The molecule has 26 heavy (non-hydrogen) atoms. The van der Waals surface area contributed by atoms with E-state index in [2.05, 4.69) is 26.3 Å². The van der Waals surface area contributed by atoms with Crippen molar-refractivity contribution in [1.82, 2.24) is 9.78 Å². The van der Waals surface area contributed by atoms with Crippen molar-refractivity contribution in [3.8, 4) is 11.5 Å². The topological polar surface area (TPSA) is 65.4 Å². The second-order valence-corrected chi connectivity index (χ2v) is 6.52. The highest BCUT2D eigenvalue weighted by atomic mass is 79.9. The largest absolute Gasteiger partial charge is 0.497 e. The fraction of sp³-hybridized carbons (Fsp3) is 0.158. The number of nitrogens with one attached hydrogen (secondary N) is 1. The normalized spacial score (nSPS) is 10.4. The zero-order valence-electron chi connectivity index (χ0n) is 14.4. The van der Waals surface area contributed by atoms with Gasteiger partial charge in [-0.15, -0.1) is 0 Å². The monoisotopic (exact) mass is 415 g/mol. The molecule has 0 saturated heterocycles. The summed E-state index contributed by atoms with van der Waals surface area (Å²) in [5, 5.41) is 7.11.